The molecule has 1 heterocycles. The van der Waals surface area contributed by atoms with Gasteiger partial charge in [0.05, 0.1) is 12.4 Å². The number of rotatable bonds is 4. The smallest absolute Gasteiger partial charge is 0.356 e. The standard InChI is InChI=1S/C16H17N3O3/c1-4-19(12-6-10(2)5-11(3)7-12)15(20)13-8-18-14(9-17-13)16(21)22/h5-9H,4H2,1-3H3,(H,21,22). The van der Waals surface area contributed by atoms with Gasteiger partial charge in [-0.3, -0.25) is 4.79 Å². The third kappa shape index (κ3) is 3.28. The van der Waals surface area contributed by atoms with Crippen LogP contribution in [0.4, 0.5) is 5.69 Å². The van der Waals surface area contributed by atoms with Crippen molar-refractivity contribution in [1.29, 1.82) is 0 Å². The summed E-state index contributed by atoms with van der Waals surface area (Å²) < 4.78 is 0. The van der Waals surface area contributed by atoms with Crippen LogP contribution in [-0.4, -0.2) is 33.5 Å². The minimum Gasteiger partial charge on any atom is -0.476 e. The number of carboxylic acid groups (broad SMARTS) is 1. The second-order valence-corrected chi connectivity index (χ2v) is 4.99. The molecule has 0 bridgehead atoms. The maximum absolute atomic E-state index is 12.6. The van der Waals surface area contributed by atoms with Crippen molar-refractivity contribution in [3.05, 3.63) is 53.1 Å². The lowest BCUT2D eigenvalue weighted by Gasteiger charge is -2.21. The zero-order valence-electron chi connectivity index (χ0n) is 12.7. The van der Waals surface area contributed by atoms with Crippen LogP contribution in [0.3, 0.4) is 0 Å². The lowest BCUT2D eigenvalue weighted by Crippen LogP contribution is -2.31. The van der Waals surface area contributed by atoms with Crippen LogP contribution < -0.4 is 4.90 Å². The third-order valence-corrected chi connectivity index (χ3v) is 3.17. The van der Waals surface area contributed by atoms with Crippen molar-refractivity contribution in [3.63, 3.8) is 0 Å². The number of benzene rings is 1. The number of aromatic nitrogens is 2. The summed E-state index contributed by atoms with van der Waals surface area (Å²) in [6, 6.07) is 5.88. The summed E-state index contributed by atoms with van der Waals surface area (Å²) in [5.74, 6) is -1.48. The second-order valence-electron chi connectivity index (χ2n) is 4.99. The summed E-state index contributed by atoms with van der Waals surface area (Å²) in [5, 5.41) is 8.81. The minimum absolute atomic E-state index is 0.117. The summed E-state index contributed by atoms with van der Waals surface area (Å²) in [5.41, 5.74) is 2.84. The molecule has 0 saturated carbocycles. The van der Waals surface area contributed by atoms with Gasteiger partial charge in [-0.05, 0) is 44.0 Å². The van der Waals surface area contributed by atoms with E-state index in [1.165, 1.54) is 6.20 Å². The molecule has 2 rings (SSSR count). The number of aryl methyl sites for hydroxylation is 2. The van der Waals surface area contributed by atoms with Gasteiger partial charge in [-0.1, -0.05) is 6.07 Å². The SMILES string of the molecule is CCN(C(=O)c1cnc(C(=O)O)cn1)c1cc(C)cc(C)c1. The molecule has 0 radical (unpaired) electrons. The van der Waals surface area contributed by atoms with E-state index in [9.17, 15) is 9.59 Å². The summed E-state index contributed by atoms with van der Waals surface area (Å²) >= 11 is 0. The summed E-state index contributed by atoms with van der Waals surface area (Å²) in [6.45, 7) is 6.28. The van der Waals surface area contributed by atoms with Crippen molar-refractivity contribution in [2.45, 2.75) is 20.8 Å². The second kappa shape index (κ2) is 6.34. The van der Waals surface area contributed by atoms with E-state index in [-0.39, 0.29) is 17.3 Å². The van der Waals surface area contributed by atoms with Gasteiger partial charge in [0.1, 0.15) is 5.69 Å². The average Bonchev–Trinajstić information content (AvgIpc) is 2.47. The van der Waals surface area contributed by atoms with Gasteiger partial charge in [0.2, 0.25) is 0 Å². The molecular weight excluding hydrogens is 282 g/mol. The molecule has 0 spiro atoms. The Morgan fingerprint density at radius 1 is 1.05 bits per heavy atom. The fraction of sp³-hybridized carbons (Fsp3) is 0.250. The Balaban J connectivity index is 2.34. The number of carbonyl (C=O) groups is 2. The average molecular weight is 299 g/mol. The summed E-state index contributed by atoms with van der Waals surface area (Å²) in [7, 11) is 0. The van der Waals surface area contributed by atoms with Gasteiger partial charge in [0, 0.05) is 12.2 Å². The Hall–Kier alpha value is -2.76. The number of hydrogen-bond donors (Lipinski definition) is 1. The van der Waals surface area contributed by atoms with E-state index in [1.54, 1.807) is 4.90 Å². The highest BCUT2D eigenvalue weighted by Gasteiger charge is 2.19. The van der Waals surface area contributed by atoms with Crippen LogP contribution >= 0.6 is 0 Å². The molecule has 0 unspecified atom stereocenters. The fourth-order valence-electron chi connectivity index (χ4n) is 2.24. The number of nitrogens with zero attached hydrogens (tertiary/aromatic N) is 3. The molecule has 1 aromatic heterocycles. The van der Waals surface area contributed by atoms with E-state index < -0.39 is 5.97 Å². The Kier molecular flexibility index (Phi) is 4.50. The van der Waals surface area contributed by atoms with Crippen LogP contribution in [0.25, 0.3) is 0 Å². The Labute approximate surface area is 128 Å². The zero-order chi connectivity index (χ0) is 16.3. The predicted octanol–water partition coefficient (Wildman–Crippen LogP) is 2.46. The van der Waals surface area contributed by atoms with Crippen LogP contribution in [0.1, 0.15) is 39.0 Å². The van der Waals surface area contributed by atoms with E-state index >= 15 is 0 Å². The molecule has 6 heteroatoms. The molecule has 0 aliphatic heterocycles. The molecular formula is C16H17N3O3. The predicted molar refractivity (Wildman–Crippen MR) is 82.3 cm³/mol. The molecule has 6 nitrogen and oxygen atoms in total. The number of amides is 1. The van der Waals surface area contributed by atoms with Gasteiger partial charge < -0.3 is 10.0 Å². The van der Waals surface area contributed by atoms with Gasteiger partial charge >= 0.3 is 5.97 Å². The lowest BCUT2D eigenvalue weighted by atomic mass is 10.1. The summed E-state index contributed by atoms with van der Waals surface area (Å²) in [6.07, 6.45) is 2.28. The van der Waals surface area contributed by atoms with Gasteiger partial charge in [-0.2, -0.15) is 0 Å². The number of carbonyl (C=O) groups excluding carboxylic acids is 1. The van der Waals surface area contributed by atoms with E-state index in [1.807, 2.05) is 39.0 Å². The highest BCUT2D eigenvalue weighted by atomic mass is 16.4. The van der Waals surface area contributed by atoms with E-state index in [2.05, 4.69) is 9.97 Å². The van der Waals surface area contributed by atoms with E-state index in [0.29, 0.717) is 6.54 Å². The first-order chi connectivity index (χ1) is 10.4. The monoisotopic (exact) mass is 299 g/mol. The zero-order valence-corrected chi connectivity index (χ0v) is 12.7. The highest BCUT2D eigenvalue weighted by molar-refractivity contribution is 6.04. The third-order valence-electron chi connectivity index (χ3n) is 3.17. The first-order valence-electron chi connectivity index (χ1n) is 6.88. The van der Waals surface area contributed by atoms with Crippen molar-refractivity contribution >= 4 is 17.6 Å². The molecule has 1 N–H and O–H groups in total. The molecule has 22 heavy (non-hydrogen) atoms. The number of anilines is 1. The van der Waals surface area contributed by atoms with Gasteiger partial charge in [-0.15, -0.1) is 0 Å². The lowest BCUT2D eigenvalue weighted by molar-refractivity contribution is 0.0689. The highest BCUT2D eigenvalue weighted by Crippen LogP contribution is 2.20. The minimum atomic E-state index is -1.17. The fourth-order valence-corrected chi connectivity index (χ4v) is 2.24. The largest absolute Gasteiger partial charge is 0.476 e. The van der Waals surface area contributed by atoms with E-state index in [4.69, 9.17) is 5.11 Å². The van der Waals surface area contributed by atoms with Crippen molar-refractivity contribution in [1.82, 2.24) is 9.97 Å². The maximum atomic E-state index is 12.6. The van der Waals surface area contributed by atoms with Crippen molar-refractivity contribution in [3.8, 4) is 0 Å². The molecule has 0 fully saturated rings. The first kappa shape index (κ1) is 15.6. The Morgan fingerprint density at radius 2 is 1.59 bits per heavy atom. The molecule has 0 aliphatic carbocycles. The van der Waals surface area contributed by atoms with Crippen LogP contribution in [0.15, 0.2) is 30.6 Å². The summed E-state index contributed by atoms with van der Waals surface area (Å²) in [4.78, 5) is 32.6. The Bertz CT molecular complexity index is 691. The van der Waals surface area contributed by atoms with Crippen molar-refractivity contribution in [2.24, 2.45) is 0 Å². The van der Waals surface area contributed by atoms with Crippen LogP contribution in [-0.2, 0) is 0 Å². The molecule has 0 saturated heterocycles. The maximum Gasteiger partial charge on any atom is 0.356 e. The van der Waals surface area contributed by atoms with Gasteiger partial charge in [0.25, 0.3) is 5.91 Å². The number of hydrogen-bond acceptors (Lipinski definition) is 4. The van der Waals surface area contributed by atoms with Crippen molar-refractivity contribution in [2.75, 3.05) is 11.4 Å². The molecule has 114 valence electrons. The molecule has 1 amide bonds. The van der Waals surface area contributed by atoms with E-state index in [0.717, 1.165) is 23.0 Å². The quantitative estimate of drug-likeness (QED) is 0.937. The molecule has 0 atom stereocenters. The van der Waals surface area contributed by atoms with Crippen molar-refractivity contribution < 1.29 is 14.7 Å². The topological polar surface area (TPSA) is 83.4 Å². The van der Waals surface area contributed by atoms with Crippen LogP contribution in [0.5, 0.6) is 0 Å². The number of carboxylic acids is 1. The van der Waals surface area contributed by atoms with Crippen LogP contribution in [0.2, 0.25) is 0 Å². The first-order valence-corrected chi connectivity index (χ1v) is 6.88. The Morgan fingerprint density at radius 3 is 2.05 bits per heavy atom. The van der Waals surface area contributed by atoms with Gasteiger partial charge in [0.15, 0.2) is 5.69 Å². The molecule has 0 aliphatic rings. The van der Waals surface area contributed by atoms with Gasteiger partial charge in [-0.25, -0.2) is 14.8 Å². The van der Waals surface area contributed by atoms with Crippen LogP contribution in [0, 0.1) is 13.8 Å². The number of aromatic carboxylic acids is 1. The molecule has 2 aromatic rings. The molecule has 1 aromatic carbocycles. The normalized spacial score (nSPS) is 10.3.